The van der Waals surface area contributed by atoms with Crippen LogP contribution < -0.4 is 10.6 Å². The van der Waals surface area contributed by atoms with Gasteiger partial charge in [0.2, 0.25) is 70.9 Å². The molecular formula is C76H121F3N12O14. The van der Waals surface area contributed by atoms with Crippen LogP contribution in [0.25, 0.3) is 0 Å². The highest BCUT2D eigenvalue weighted by molar-refractivity contribution is 6.01. The van der Waals surface area contributed by atoms with E-state index in [-0.39, 0.29) is 121 Å². The number of hydrogen-bond acceptors (Lipinski definition) is 14. The number of methoxy groups -OCH3 is 1. The lowest BCUT2D eigenvalue weighted by molar-refractivity contribution is -0.215. The van der Waals surface area contributed by atoms with Gasteiger partial charge < -0.3 is 69.1 Å². The highest BCUT2D eigenvalue weighted by atomic mass is 19.4. The van der Waals surface area contributed by atoms with Crippen LogP contribution in [0.2, 0.25) is 0 Å². The number of alkyl halides is 3. The van der Waals surface area contributed by atoms with Crippen molar-refractivity contribution in [3.05, 3.63) is 12.2 Å². The molecule has 105 heavy (non-hydrogen) atoms. The summed E-state index contributed by atoms with van der Waals surface area (Å²) in [6, 6.07) is -11.1. The molecule has 0 radical (unpaired) electrons. The minimum atomic E-state index is -4.51. The van der Waals surface area contributed by atoms with E-state index in [0.717, 1.165) is 49.8 Å². The van der Waals surface area contributed by atoms with E-state index in [1.54, 1.807) is 13.8 Å². The highest BCUT2D eigenvalue weighted by Gasteiger charge is 2.57. The second-order valence-electron chi connectivity index (χ2n) is 31.9. The van der Waals surface area contributed by atoms with E-state index in [1.807, 2.05) is 26.0 Å². The van der Waals surface area contributed by atoms with E-state index >= 15 is 38.4 Å². The number of likely N-dealkylation sites (N-methyl/N-ethyl adjacent to an activating group) is 7. The van der Waals surface area contributed by atoms with Gasteiger partial charge in [0.25, 0.3) is 0 Å². The molecule has 8 rings (SSSR count). The Bertz CT molecular complexity index is 3140. The first-order valence-corrected chi connectivity index (χ1v) is 38.9. The second-order valence-corrected chi connectivity index (χ2v) is 31.9. The van der Waals surface area contributed by atoms with Crippen molar-refractivity contribution in [3.63, 3.8) is 0 Å². The number of nitrogens with zero attached hydrogens (tertiary/aromatic N) is 10. The van der Waals surface area contributed by atoms with E-state index in [9.17, 15) is 32.3 Å². The molecule has 0 aromatic heterocycles. The van der Waals surface area contributed by atoms with Crippen LogP contribution in [0, 0.1) is 35.5 Å². The van der Waals surface area contributed by atoms with Crippen LogP contribution in [0.4, 0.5) is 13.2 Å². The average molecular weight is 1480 g/mol. The quantitative estimate of drug-likeness (QED) is 0.219. The van der Waals surface area contributed by atoms with Gasteiger partial charge in [0, 0.05) is 89.7 Å². The first-order valence-electron chi connectivity index (χ1n) is 38.9. The number of carbonyl (C=O) groups is 12. The molecule has 590 valence electrons. The zero-order valence-corrected chi connectivity index (χ0v) is 64.6. The minimum absolute atomic E-state index is 0.0209. The molecule has 4 saturated carbocycles. The van der Waals surface area contributed by atoms with Gasteiger partial charge in [-0.2, -0.15) is 13.2 Å². The highest BCUT2D eigenvalue weighted by Crippen LogP contribution is 2.45. The third-order valence-electron chi connectivity index (χ3n) is 24.9. The molecule has 4 aliphatic heterocycles. The van der Waals surface area contributed by atoms with Crippen molar-refractivity contribution >= 4 is 70.9 Å². The zero-order valence-electron chi connectivity index (χ0n) is 64.6. The van der Waals surface area contributed by atoms with E-state index in [4.69, 9.17) is 9.47 Å². The standard InChI is InChI=1S/C76H121F3N12O14/c1-14-48(4)63-72(101)89-39-24-31-55(89)69(98)85(9)54-30-20-17-23-38-90(71(54)100)58(41-49-26-18-16-19-27-49)68(97)83(7)45-61(92)80-53(35-33-50-32-34-52(76(77,78)79)60(42-50)104-13)66(95)91-44-47(3)40-57(91)70(99)88(12)75(36-25-37-75)74(103)87(11)64(51-28-21-22-29-51)73(102)86(10)56(67(96)82(5)6)43-62(93)84(8)59(46-105-15-2)65(94)81-63/h17,20,47-60,63-64H,14-16,18-19,21-46H2,1-13H3,(H,80,92)(H,81,94)/b20-17-/t47-,48-,50?,52?,53-,54-,55-,56-,57-,58-,59-,60?,63-,64-/m0/s1. The molecule has 4 aliphatic carbocycles. The van der Waals surface area contributed by atoms with Crippen molar-refractivity contribution in [2.24, 2.45) is 35.5 Å². The summed E-state index contributed by atoms with van der Waals surface area (Å²) < 4.78 is 54.2. The van der Waals surface area contributed by atoms with Gasteiger partial charge in [-0.25, -0.2) is 0 Å². The molecule has 1 spiro atoms. The van der Waals surface area contributed by atoms with Crippen molar-refractivity contribution < 1.29 is 80.2 Å². The fourth-order valence-corrected chi connectivity index (χ4v) is 17.9. The van der Waals surface area contributed by atoms with E-state index in [0.29, 0.717) is 38.5 Å². The van der Waals surface area contributed by atoms with Gasteiger partial charge in [0.15, 0.2) is 0 Å². The minimum Gasteiger partial charge on any atom is -0.381 e. The number of hydrogen-bond donors (Lipinski definition) is 2. The van der Waals surface area contributed by atoms with Crippen LogP contribution in [0.3, 0.4) is 0 Å². The average Bonchev–Trinajstić information content (AvgIpc) is 1.68. The molecule has 8 aliphatic rings. The number of carbonyl (C=O) groups excluding carboxylic acids is 12. The lowest BCUT2D eigenvalue weighted by atomic mass is 9.73. The Morgan fingerprint density at radius 3 is 1.95 bits per heavy atom. The number of fused-ring (bicyclic) bond motifs is 4. The van der Waals surface area contributed by atoms with E-state index in [1.165, 1.54) is 108 Å². The zero-order chi connectivity index (χ0) is 77.1. The maximum absolute atomic E-state index is 15.7. The smallest absolute Gasteiger partial charge is 0.381 e. The van der Waals surface area contributed by atoms with Crippen molar-refractivity contribution in [2.75, 3.05) is 103 Å². The third-order valence-corrected chi connectivity index (χ3v) is 24.9. The topological polar surface area (TPSA) is 280 Å². The molecule has 29 heteroatoms. The lowest BCUT2D eigenvalue weighted by Gasteiger charge is -2.51. The number of nitrogens with one attached hydrogen (secondary N) is 2. The Kier molecular flexibility index (Phi) is 29.3. The Morgan fingerprint density at radius 2 is 1.33 bits per heavy atom. The molecule has 0 aromatic rings. The number of rotatable bonds is 13. The Morgan fingerprint density at radius 1 is 0.657 bits per heavy atom. The van der Waals surface area contributed by atoms with Crippen LogP contribution >= 0.6 is 0 Å². The molecule has 4 heterocycles. The fourth-order valence-electron chi connectivity index (χ4n) is 17.9. The van der Waals surface area contributed by atoms with Gasteiger partial charge in [-0.1, -0.05) is 84.3 Å². The summed E-state index contributed by atoms with van der Waals surface area (Å²) in [5.41, 5.74) is -1.50. The summed E-state index contributed by atoms with van der Waals surface area (Å²) in [4.78, 5) is 197. The monoisotopic (exact) mass is 1480 g/mol. The molecule has 3 saturated heterocycles. The molecule has 2 N–H and O–H groups in total. The maximum Gasteiger partial charge on any atom is 0.394 e. The summed E-state index contributed by atoms with van der Waals surface area (Å²) in [5, 5.41) is 5.84. The van der Waals surface area contributed by atoms with Crippen LogP contribution in [-0.2, 0) is 67.0 Å². The first-order chi connectivity index (χ1) is 49.7. The first kappa shape index (κ1) is 83.7. The van der Waals surface area contributed by atoms with Gasteiger partial charge in [-0.15, -0.1) is 0 Å². The fraction of sp³-hybridized carbons (Fsp3) is 0.816. The Hall–Kier alpha value is -6.91. The molecule has 7 fully saturated rings. The second kappa shape index (κ2) is 36.8. The molecule has 12 amide bonds. The predicted molar refractivity (Wildman–Crippen MR) is 384 cm³/mol. The summed E-state index contributed by atoms with van der Waals surface area (Å²) in [5.74, 6) is -10.6. The number of ether oxygens (including phenoxy) is 2. The summed E-state index contributed by atoms with van der Waals surface area (Å²) in [6.07, 6.45) is 7.30. The molecular weight excluding hydrogens is 1360 g/mol. The van der Waals surface area contributed by atoms with Crippen LogP contribution in [0.15, 0.2) is 12.2 Å². The normalized spacial score (nSPS) is 31.7. The molecule has 3 unspecified atom stereocenters. The van der Waals surface area contributed by atoms with Gasteiger partial charge in [0.1, 0.15) is 59.9 Å². The van der Waals surface area contributed by atoms with Gasteiger partial charge in [0.05, 0.1) is 31.6 Å². The maximum atomic E-state index is 15.7. The molecule has 2 bridgehead atoms. The van der Waals surface area contributed by atoms with E-state index < -0.39 is 174 Å². The summed E-state index contributed by atoms with van der Waals surface area (Å²) in [7, 11) is 12.9. The van der Waals surface area contributed by atoms with Gasteiger partial charge in [-0.05, 0) is 139 Å². The van der Waals surface area contributed by atoms with E-state index in [2.05, 4.69) is 10.6 Å². The number of halogens is 3. The van der Waals surface area contributed by atoms with Crippen molar-refractivity contribution in [1.29, 1.82) is 0 Å². The third kappa shape index (κ3) is 19.2. The Balaban J connectivity index is 1.20. The van der Waals surface area contributed by atoms with Gasteiger partial charge >= 0.3 is 6.18 Å². The van der Waals surface area contributed by atoms with Crippen molar-refractivity contribution in [3.8, 4) is 0 Å². The molecule has 26 nitrogen and oxygen atoms in total. The predicted octanol–water partition coefficient (Wildman–Crippen LogP) is 5.39. The van der Waals surface area contributed by atoms with Crippen LogP contribution in [0.1, 0.15) is 188 Å². The number of amides is 12. The Labute approximate surface area is 619 Å². The van der Waals surface area contributed by atoms with Crippen molar-refractivity contribution in [1.82, 2.24) is 59.6 Å². The molecule has 14 atom stereocenters. The van der Waals surface area contributed by atoms with Crippen LogP contribution in [-0.4, -0.2) is 295 Å². The molecule has 0 aromatic carbocycles. The van der Waals surface area contributed by atoms with Gasteiger partial charge in [-0.3, -0.25) is 57.5 Å². The summed E-state index contributed by atoms with van der Waals surface area (Å²) >= 11 is 0. The van der Waals surface area contributed by atoms with Crippen LogP contribution in [0.5, 0.6) is 0 Å². The SMILES string of the molecule is CCOC[C@H]1C(=O)N[C@@H]([C@@H](C)CC)C(=O)N2CCC[C@H]2C(=O)N(C)[C@H]2C/C=C\CCN(C2=O)[C@@H](CC2CCCCC2)C(=O)N(C)CC(=O)N[C@@H](CCC2CCC(C(F)(F)F)C(OC)C2)C(=O)N2C[C@@H](C)C[C@H]2C(=O)N(C)C2(CCC2)C(=O)N(C)[C@@H](C2CCCC2)C(=O)N(C)[C@H](C(=O)N(C)C)CC(=O)N1C. The lowest BCUT2D eigenvalue weighted by Crippen LogP contribution is -2.68. The summed E-state index contributed by atoms with van der Waals surface area (Å²) in [6.45, 7) is 6.71. The largest absolute Gasteiger partial charge is 0.394 e. The van der Waals surface area contributed by atoms with Crippen molar-refractivity contribution in [2.45, 2.75) is 260 Å².